The molecule has 0 aliphatic carbocycles. The average Bonchev–Trinajstić information content (AvgIpc) is 2.29. The topological polar surface area (TPSA) is 41.5 Å². The van der Waals surface area contributed by atoms with Gasteiger partial charge in [-0.3, -0.25) is 0 Å². The second kappa shape index (κ2) is 6.50. The van der Waals surface area contributed by atoms with Crippen LogP contribution in [0.1, 0.15) is 32.8 Å². The van der Waals surface area contributed by atoms with Crippen LogP contribution >= 0.6 is 0 Å². The normalized spacial score (nSPS) is 12.8. The molecule has 3 nitrogen and oxygen atoms in total. The van der Waals surface area contributed by atoms with Crippen molar-refractivity contribution in [1.82, 2.24) is 5.32 Å². The van der Waals surface area contributed by atoms with Crippen LogP contribution in [0.2, 0.25) is 0 Å². The number of nitrogens with one attached hydrogen (secondary N) is 1. The van der Waals surface area contributed by atoms with Crippen LogP contribution in [-0.2, 0) is 6.54 Å². The molecule has 0 aromatic heterocycles. The Kier molecular flexibility index (Phi) is 5.29. The molecule has 1 atom stereocenters. The van der Waals surface area contributed by atoms with Gasteiger partial charge in [-0.2, -0.15) is 0 Å². The summed E-state index contributed by atoms with van der Waals surface area (Å²) < 4.78 is 5.01. The van der Waals surface area contributed by atoms with E-state index >= 15 is 0 Å². The van der Waals surface area contributed by atoms with Gasteiger partial charge in [0.15, 0.2) is 11.5 Å². The molecular weight excluding hydrogens is 214 g/mol. The summed E-state index contributed by atoms with van der Waals surface area (Å²) >= 11 is 0. The zero-order chi connectivity index (χ0) is 12.8. The lowest BCUT2D eigenvalue weighted by atomic mass is 10.0. The molecule has 0 bridgehead atoms. The first kappa shape index (κ1) is 13.8. The Labute approximate surface area is 104 Å². The van der Waals surface area contributed by atoms with Crippen molar-refractivity contribution in [3.05, 3.63) is 23.8 Å². The van der Waals surface area contributed by atoms with E-state index in [1.54, 1.807) is 19.2 Å². The molecule has 0 fully saturated rings. The molecule has 0 saturated carbocycles. The first-order valence-corrected chi connectivity index (χ1v) is 6.17. The first-order chi connectivity index (χ1) is 8.08. The molecule has 0 aliphatic heterocycles. The Morgan fingerprint density at radius 2 is 2.06 bits per heavy atom. The summed E-state index contributed by atoms with van der Waals surface area (Å²) in [7, 11) is 1.55. The highest BCUT2D eigenvalue weighted by atomic mass is 16.5. The van der Waals surface area contributed by atoms with Crippen LogP contribution < -0.4 is 10.1 Å². The molecule has 0 heterocycles. The minimum atomic E-state index is 0.199. The van der Waals surface area contributed by atoms with Crippen molar-refractivity contribution in [2.45, 2.75) is 39.8 Å². The average molecular weight is 237 g/mol. The van der Waals surface area contributed by atoms with Gasteiger partial charge in [0.2, 0.25) is 0 Å². The summed E-state index contributed by atoms with van der Waals surface area (Å²) in [4.78, 5) is 0. The number of phenolic OH excluding ortho intramolecular Hbond substituents is 1. The van der Waals surface area contributed by atoms with Crippen LogP contribution in [0, 0.1) is 5.92 Å². The smallest absolute Gasteiger partial charge is 0.160 e. The predicted octanol–water partition coefficient (Wildman–Crippen LogP) is 2.93. The number of ether oxygens (including phenoxy) is 1. The van der Waals surface area contributed by atoms with Gasteiger partial charge < -0.3 is 15.2 Å². The van der Waals surface area contributed by atoms with E-state index in [-0.39, 0.29) is 5.75 Å². The zero-order valence-electron chi connectivity index (χ0n) is 11.2. The monoisotopic (exact) mass is 237 g/mol. The Balaban J connectivity index is 2.60. The number of methoxy groups -OCH3 is 1. The number of rotatable bonds is 6. The maximum Gasteiger partial charge on any atom is 0.160 e. The van der Waals surface area contributed by atoms with E-state index < -0.39 is 0 Å². The Hall–Kier alpha value is -1.22. The van der Waals surface area contributed by atoms with Gasteiger partial charge in [0.25, 0.3) is 0 Å². The Morgan fingerprint density at radius 1 is 1.35 bits per heavy atom. The molecule has 96 valence electrons. The molecule has 1 unspecified atom stereocenters. The highest BCUT2D eigenvalue weighted by Crippen LogP contribution is 2.26. The van der Waals surface area contributed by atoms with E-state index in [1.807, 2.05) is 6.07 Å². The van der Waals surface area contributed by atoms with E-state index in [4.69, 9.17) is 4.74 Å². The van der Waals surface area contributed by atoms with Crippen molar-refractivity contribution in [1.29, 1.82) is 0 Å². The summed E-state index contributed by atoms with van der Waals surface area (Å²) in [5, 5.41) is 13.2. The van der Waals surface area contributed by atoms with Crippen LogP contribution in [0.5, 0.6) is 11.5 Å². The van der Waals surface area contributed by atoms with Crippen LogP contribution in [0.4, 0.5) is 0 Å². The van der Waals surface area contributed by atoms with Crippen LogP contribution in [-0.4, -0.2) is 18.3 Å². The lowest BCUT2D eigenvalue weighted by Gasteiger charge is -2.20. The second-order valence-corrected chi connectivity index (χ2v) is 4.65. The third-order valence-electron chi connectivity index (χ3n) is 3.06. The molecule has 1 aromatic rings. The van der Waals surface area contributed by atoms with Crippen molar-refractivity contribution >= 4 is 0 Å². The number of phenols is 1. The standard InChI is InChI=1S/C14H23NO2/c1-5-12(10(2)3)15-9-11-6-7-14(17-4)13(16)8-11/h6-8,10,12,15-16H,5,9H2,1-4H3. The van der Waals surface area contributed by atoms with Crippen LogP contribution in [0.3, 0.4) is 0 Å². The van der Waals surface area contributed by atoms with E-state index in [2.05, 4.69) is 26.1 Å². The fourth-order valence-corrected chi connectivity index (χ4v) is 1.95. The molecule has 1 rings (SSSR count). The number of aromatic hydroxyl groups is 1. The minimum absolute atomic E-state index is 0.199. The van der Waals surface area contributed by atoms with Gasteiger partial charge in [0, 0.05) is 12.6 Å². The quantitative estimate of drug-likeness (QED) is 0.799. The first-order valence-electron chi connectivity index (χ1n) is 6.17. The molecule has 3 heteroatoms. The van der Waals surface area contributed by atoms with Crippen LogP contribution in [0.15, 0.2) is 18.2 Å². The largest absolute Gasteiger partial charge is 0.504 e. The SMILES string of the molecule is CCC(NCc1ccc(OC)c(O)c1)C(C)C. The zero-order valence-corrected chi connectivity index (χ0v) is 11.2. The predicted molar refractivity (Wildman–Crippen MR) is 70.4 cm³/mol. The molecule has 1 aromatic carbocycles. The van der Waals surface area contributed by atoms with E-state index in [1.165, 1.54) is 0 Å². The fraction of sp³-hybridized carbons (Fsp3) is 0.571. The van der Waals surface area contributed by atoms with Gasteiger partial charge in [-0.25, -0.2) is 0 Å². The molecule has 0 amide bonds. The van der Waals surface area contributed by atoms with Crippen molar-refractivity contribution in [2.75, 3.05) is 7.11 Å². The lowest BCUT2D eigenvalue weighted by molar-refractivity contribution is 0.370. The molecule has 0 aliphatic rings. The van der Waals surface area contributed by atoms with Gasteiger partial charge in [-0.1, -0.05) is 26.8 Å². The van der Waals surface area contributed by atoms with E-state index in [0.29, 0.717) is 17.7 Å². The number of benzene rings is 1. The summed E-state index contributed by atoms with van der Waals surface area (Å²) in [6.07, 6.45) is 1.11. The summed E-state index contributed by atoms with van der Waals surface area (Å²) in [6.45, 7) is 7.39. The third kappa shape index (κ3) is 3.93. The summed E-state index contributed by atoms with van der Waals surface area (Å²) in [5.74, 6) is 1.33. The van der Waals surface area contributed by atoms with Gasteiger partial charge in [0.1, 0.15) is 0 Å². The maximum absolute atomic E-state index is 9.67. The van der Waals surface area contributed by atoms with Gasteiger partial charge in [0.05, 0.1) is 7.11 Å². The van der Waals surface area contributed by atoms with Crippen molar-refractivity contribution < 1.29 is 9.84 Å². The second-order valence-electron chi connectivity index (χ2n) is 4.65. The fourth-order valence-electron chi connectivity index (χ4n) is 1.95. The van der Waals surface area contributed by atoms with E-state index in [0.717, 1.165) is 18.5 Å². The Morgan fingerprint density at radius 3 is 2.53 bits per heavy atom. The van der Waals surface area contributed by atoms with Gasteiger partial charge in [-0.15, -0.1) is 0 Å². The minimum Gasteiger partial charge on any atom is -0.504 e. The van der Waals surface area contributed by atoms with Gasteiger partial charge >= 0.3 is 0 Å². The molecular formula is C14H23NO2. The molecule has 17 heavy (non-hydrogen) atoms. The summed E-state index contributed by atoms with van der Waals surface area (Å²) in [6, 6.07) is 6.03. The maximum atomic E-state index is 9.67. The lowest BCUT2D eigenvalue weighted by Crippen LogP contribution is -2.32. The van der Waals surface area contributed by atoms with Gasteiger partial charge in [-0.05, 0) is 30.0 Å². The van der Waals surface area contributed by atoms with Crippen molar-refractivity contribution in [3.63, 3.8) is 0 Å². The van der Waals surface area contributed by atoms with Crippen LogP contribution in [0.25, 0.3) is 0 Å². The van der Waals surface area contributed by atoms with Crippen molar-refractivity contribution in [3.8, 4) is 11.5 Å². The van der Waals surface area contributed by atoms with Crippen molar-refractivity contribution in [2.24, 2.45) is 5.92 Å². The number of hydrogen-bond donors (Lipinski definition) is 2. The molecule has 0 radical (unpaired) electrons. The molecule has 0 spiro atoms. The molecule has 2 N–H and O–H groups in total. The number of hydrogen-bond acceptors (Lipinski definition) is 3. The summed E-state index contributed by atoms with van der Waals surface area (Å²) in [5.41, 5.74) is 1.07. The highest BCUT2D eigenvalue weighted by molar-refractivity contribution is 5.41. The highest BCUT2D eigenvalue weighted by Gasteiger charge is 2.10. The van der Waals surface area contributed by atoms with E-state index in [9.17, 15) is 5.11 Å². The third-order valence-corrected chi connectivity index (χ3v) is 3.06. The Bertz CT molecular complexity index is 350. The molecule has 0 saturated heterocycles.